The van der Waals surface area contributed by atoms with Crippen molar-refractivity contribution in [3.63, 3.8) is 0 Å². The molecule has 0 unspecified atom stereocenters. The molecule has 1 aromatic carbocycles. The van der Waals surface area contributed by atoms with E-state index in [2.05, 4.69) is 0 Å². The summed E-state index contributed by atoms with van der Waals surface area (Å²) in [6, 6.07) is 6.01. The van der Waals surface area contributed by atoms with Gasteiger partial charge in [0.1, 0.15) is 5.82 Å². The molecule has 0 amide bonds. The minimum Gasteiger partial charge on any atom is -0.342 e. The van der Waals surface area contributed by atoms with E-state index in [0.29, 0.717) is 13.2 Å². The van der Waals surface area contributed by atoms with Crippen molar-refractivity contribution in [2.75, 3.05) is 19.8 Å². The lowest BCUT2D eigenvalue weighted by atomic mass is 10.1. The van der Waals surface area contributed by atoms with Gasteiger partial charge in [-0.3, -0.25) is 0 Å². The molecule has 4 heteroatoms. The number of hydrogen-bond acceptors (Lipinski definition) is 3. The summed E-state index contributed by atoms with van der Waals surface area (Å²) in [6.07, 6.45) is 0. The molecule has 1 saturated heterocycles. The zero-order valence-electron chi connectivity index (χ0n) is 7.70. The van der Waals surface area contributed by atoms with Gasteiger partial charge >= 0.3 is 0 Å². The summed E-state index contributed by atoms with van der Waals surface area (Å²) >= 11 is 0. The highest BCUT2D eigenvalue weighted by atomic mass is 19.1. The first kappa shape index (κ1) is 9.58. The lowest BCUT2D eigenvalue weighted by Crippen LogP contribution is -2.36. The Hall–Kier alpha value is -0.970. The fraction of sp³-hybridized carbons (Fsp3) is 0.400. The summed E-state index contributed by atoms with van der Waals surface area (Å²) in [4.78, 5) is 0. The van der Waals surface area contributed by atoms with Gasteiger partial charge in [0.05, 0.1) is 19.8 Å². The molecule has 0 atom stereocenters. The maximum atomic E-state index is 12.7. The van der Waals surface area contributed by atoms with Gasteiger partial charge in [0, 0.05) is 5.56 Å². The van der Waals surface area contributed by atoms with Gasteiger partial charge in [-0.1, -0.05) is 12.1 Å². The number of benzene rings is 1. The van der Waals surface area contributed by atoms with E-state index >= 15 is 0 Å². The second-order valence-corrected chi connectivity index (χ2v) is 3.16. The Balaban J connectivity index is 2.31. The van der Waals surface area contributed by atoms with E-state index in [0.717, 1.165) is 5.56 Å². The van der Waals surface area contributed by atoms with Crippen molar-refractivity contribution in [3.05, 3.63) is 35.6 Å². The molecule has 2 rings (SSSR count). The highest BCUT2D eigenvalue weighted by Gasteiger charge is 2.36. The summed E-state index contributed by atoms with van der Waals surface area (Å²) < 4.78 is 23.6. The Morgan fingerprint density at radius 1 is 1.21 bits per heavy atom. The minimum atomic E-state index is -0.867. The number of halogens is 1. The van der Waals surface area contributed by atoms with Gasteiger partial charge in [0.15, 0.2) is 0 Å². The van der Waals surface area contributed by atoms with Crippen LogP contribution in [0.4, 0.5) is 4.39 Å². The van der Waals surface area contributed by atoms with Crippen molar-refractivity contribution in [2.45, 2.75) is 5.79 Å². The first-order chi connectivity index (χ1) is 6.77. The van der Waals surface area contributed by atoms with Crippen LogP contribution in [0.5, 0.6) is 0 Å². The van der Waals surface area contributed by atoms with Gasteiger partial charge in [-0.2, -0.15) is 0 Å². The Bertz CT molecular complexity index is 306. The first-order valence-electron chi connectivity index (χ1n) is 4.51. The summed E-state index contributed by atoms with van der Waals surface area (Å²) in [7, 11) is 0. The Morgan fingerprint density at radius 2 is 1.79 bits per heavy atom. The fourth-order valence-corrected chi connectivity index (χ4v) is 1.56. The molecule has 1 aromatic rings. The number of hydrogen-bond donors (Lipinski definition) is 1. The van der Waals surface area contributed by atoms with Crippen molar-refractivity contribution >= 4 is 0 Å². The molecular weight excluding hydrogens is 185 g/mol. The van der Waals surface area contributed by atoms with Crippen LogP contribution in [0.1, 0.15) is 5.56 Å². The van der Waals surface area contributed by atoms with Crippen molar-refractivity contribution in [1.29, 1.82) is 0 Å². The zero-order chi connectivity index (χ0) is 10.0. The number of ether oxygens (including phenoxy) is 2. The SMILES string of the molecule is NCC1(c2ccc(F)cc2)OCCO1. The van der Waals surface area contributed by atoms with E-state index in [1.54, 1.807) is 12.1 Å². The van der Waals surface area contributed by atoms with E-state index in [4.69, 9.17) is 15.2 Å². The van der Waals surface area contributed by atoms with E-state index in [9.17, 15) is 4.39 Å². The van der Waals surface area contributed by atoms with Crippen molar-refractivity contribution < 1.29 is 13.9 Å². The molecule has 1 fully saturated rings. The monoisotopic (exact) mass is 197 g/mol. The molecule has 3 nitrogen and oxygen atoms in total. The molecule has 76 valence electrons. The van der Waals surface area contributed by atoms with Gasteiger partial charge in [-0.15, -0.1) is 0 Å². The summed E-state index contributed by atoms with van der Waals surface area (Å²) in [5, 5.41) is 0. The van der Waals surface area contributed by atoms with Gasteiger partial charge in [0.2, 0.25) is 5.79 Å². The largest absolute Gasteiger partial charge is 0.342 e. The predicted molar refractivity (Wildman–Crippen MR) is 49.0 cm³/mol. The standard InChI is InChI=1S/C10H12FNO2/c11-9-3-1-8(2-4-9)10(7-12)13-5-6-14-10/h1-4H,5-7,12H2. The highest BCUT2D eigenvalue weighted by molar-refractivity contribution is 5.22. The van der Waals surface area contributed by atoms with Crippen LogP contribution in [0, 0.1) is 5.82 Å². The minimum absolute atomic E-state index is 0.235. The predicted octanol–water partition coefficient (Wildman–Crippen LogP) is 0.984. The van der Waals surface area contributed by atoms with Crippen molar-refractivity contribution in [3.8, 4) is 0 Å². The number of rotatable bonds is 2. The van der Waals surface area contributed by atoms with E-state index < -0.39 is 5.79 Å². The molecular formula is C10H12FNO2. The second-order valence-electron chi connectivity index (χ2n) is 3.16. The molecule has 0 aliphatic carbocycles. The van der Waals surface area contributed by atoms with Crippen LogP contribution in [0.3, 0.4) is 0 Å². The second kappa shape index (κ2) is 3.65. The van der Waals surface area contributed by atoms with Gasteiger partial charge < -0.3 is 15.2 Å². The van der Waals surface area contributed by atoms with Crippen molar-refractivity contribution in [2.24, 2.45) is 5.73 Å². The van der Waals surface area contributed by atoms with Gasteiger partial charge in [-0.05, 0) is 12.1 Å². The molecule has 0 aromatic heterocycles. The summed E-state index contributed by atoms with van der Waals surface area (Å²) in [5.41, 5.74) is 6.36. The molecule has 1 aliphatic rings. The average Bonchev–Trinajstić information content (AvgIpc) is 2.68. The Kier molecular flexibility index (Phi) is 2.50. The van der Waals surface area contributed by atoms with E-state index in [1.807, 2.05) is 0 Å². The van der Waals surface area contributed by atoms with E-state index in [-0.39, 0.29) is 12.4 Å². The topological polar surface area (TPSA) is 44.5 Å². The number of nitrogens with two attached hydrogens (primary N) is 1. The normalized spacial score (nSPS) is 19.9. The van der Waals surface area contributed by atoms with Crippen LogP contribution in [0.15, 0.2) is 24.3 Å². The molecule has 0 saturated carbocycles. The van der Waals surface area contributed by atoms with Crippen LogP contribution in [0.2, 0.25) is 0 Å². The van der Waals surface area contributed by atoms with E-state index in [1.165, 1.54) is 12.1 Å². The third-order valence-electron chi connectivity index (χ3n) is 2.31. The third kappa shape index (κ3) is 1.52. The summed E-state index contributed by atoms with van der Waals surface area (Å²) in [5.74, 6) is -1.15. The van der Waals surface area contributed by atoms with Crippen molar-refractivity contribution in [1.82, 2.24) is 0 Å². The molecule has 0 bridgehead atoms. The maximum absolute atomic E-state index is 12.7. The summed E-state index contributed by atoms with van der Waals surface area (Å²) in [6.45, 7) is 1.28. The van der Waals surface area contributed by atoms with Crippen LogP contribution >= 0.6 is 0 Å². The molecule has 1 aliphatic heterocycles. The lowest BCUT2D eigenvalue weighted by molar-refractivity contribution is -0.156. The average molecular weight is 197 g/mol. The molecule has 0 spiro atoms. The smallest absolute Gasteiger partial charge is 0.207 e. The Morgan fingerprint density at radius 3 is 2.29 bits per heavy atom. The quantitative estimate of drug-likeness (QED) is 0.768. The maximum Gasteiger partial charge on any atom is 0.207 e. The molecule has 14 heavy (non-hydrogen) atoms. The van der Waals surface area contributed by atoms with Crippen LogP contribution < -0.4 is 5.73 Å². The van der Waals surface area contributed by atoms with Gasteiger partial charge in [-0.25, -0.2) is 4.39 Å². The van der Waals surface area contributed by atoms with Gasteiger partial charge in [0.25, 0.3) is 0 Å². The molecule has 1 heterocycles. The van der Waals surface area contributed by atoms with Crippen LogP contribution in [-0.4, -0.2) is 19.8 Å². The molecule has 0 radical (unpaired) electrons. The lowest BCUT2D eigenvalue weighted by Gasteiger charge is -2.25. The third-order valence-corrected chi connectivity index (χ3v) is 2.31. The first-order valence-corrected chi connectivity index (χ1v) is 4.51. The van der Waals surface area contributed by atoms with Crippen LogP contribution in [-0.2, 0) is 15.3 Å². The molecule has 2 N–H and O–H groups in total. The van der Waals surface area contributed by atoms with Crippen LogP contribution in [0.25, 0.3) is 0 Å². The fourth-order valence-electron chi connectivity index (χ4n) is 1.56. The highest BCUT2D eigenvalue weighted by Crippen LogP contribution is 2.30. The Labute approximate surface area is 81.6 Å². The zero-order valence-corrected chi connectivity index (χ0v) is 7.70.